The smallest absolute Gasteiger partial charge is 0.148 e. The Balaban J connectivity index is 2.16. The molecule has 1 aromatic heterocycles. The standard InChI is InChI=1S/C12H9BrN4OS2/c1-19-12-9(5-14)11(20-17-12)16-15-6-7-4-8(13)2-3-10(7)18/h2-4,6,16,18H,1H3/b15-6-. The molecule has 0 unspecified atom stereocenters. The SMILES string of the molecule is CSc1nsc(N/N=C\c2cc(Br)ccc2O)c1C#N. The molecule has 0 radical (unpaired) electrons. The van der Waals surface area contributed by atoms with Crippen molar-refractivity contribution in [2.75, 3.05) is 11.7 Å². The van der Waals surface area contributed by atoms with Crippen LogP contribution in [0.15, 0.2) is 32.8 Å². The molecule has 2 aromatic rings. The van der Waals surface area contributed by atoms with Crippen molar-refractivity contribution < 1.29 is 5.11 Å². The first kappa shape index (κ1) is 14.8. The highest BCUT2D eigenvalue weighted by molar-refractivity contribution is 9.10. The first-order valence-corrected chi connectivity index (χ1v) is 8.16. The molecule has 0 saturated carbocycles. The molecule has 0 aliphatic rings. The van der Waals surface area contributed by atoms with Gasteiger partial charge in [0.25, 0.3) is 0 Å². The number of phenolic OH excluding ortho intramolecular Hbond substituents is 1. The summed E-state index contributed by atoms with van der Waals surface area (Å²) in [6, 6.07) is 7.15. The molecule has 0 atom stereocenters. The van der Waals surface area contributed by atoms with E-state index in [1.165, 1.54) is 29.5 Å². The van der Waals surface area contributed by atoms with E-state index in [1.807, 2.05) is 6.26 Å². The highest BCUT2D eigenvalue weighted by Crippen LogP contribution is 2.29. The van der Waals surface area contributed by atoms with Gasteiger partial charge >= 0.3 is 0 Å². The Hall–Kier alpha value is -1.56. The van der Waals surface area contributed by atoms with Crippen LogP contribution in [-0.2, 0) is 0 Å². The molecule has 8 heteroatoms. The Morgan fingerprint density at radius 3 is 3.10 bits per heavy atom. The predicted octanol–water partition coefficient (Wildman–Crippen LogP) is 3.65. The number of aromatic nitrogens is 1. The first-order chi connectivity index (χ1) is 9.65. The van der Waals surface area contributed by atoms with Crippen LogP contribution in [-0.4, -0.2) is 22.0 Å². The van der Waals surface area contributed by atoms with E-state index in [4.69, 9.17) is 5.26 Å². The van der Waals surface area contributed by atoms with Crippen molar-refractivity contribution in [3.05, 3.63) is 33.8 Å². The number of aromatic hydroxyl groups is 1. The summed E-state index contributed by atoms with van der Waals surface area (Å²) in [4.78, 5) is 0. The van der Waals surface area contributed by atoms with Crippen LogP contribution in [0, 0.1) is 11.3 Å². The molecule has 0 bridgehead atoms. The number of nitrogens with one attached hydrogen (secondary N) is 1. The number of benzene rings is 1. The summed E-state index contributed by atoms with van der Waals surface area (Å²) in [5.74, 6) is 0.133. The van der Waals surface area contributed by atoms with E-state index in [-0.39, 0.29) is 5.75 Å². The van der Waals surface area contributed by atoms with Gasteiger partial charge in [0, 0.05) is 10.0 Å². The van der Waals surface area contributed by atoms with Gasteiger partial charge in [0.2, 0.25) is 0 Å². The minimum absolute atomic E-state index is 0.133. The third kappa shape index (κ3) is 3.30. The van der Waals surface area contributed by atoms with Gasteiger partial charge in [-0.05, 0) is 36.0 Å². The topological polar surface area (TPSA) is 81.3 Å². The maximum absolute atomic E-state index is 9.67. The average Bonchev–Trinajstić information content (AvgIpc) is 2.84. The zero-order chi connectivity index (χ0) is 14.5. The zero-order valence-corrected chi connectivity index (χ0v) is 13.5. The number of hydrazone groups is 1. The van der Waals surface area contributed by atoms with E-state index in [2.05, 4.69) is 36.9 Å². The van der Waals surface area contributed by atoms with Crippen molar-refractivity contribution in [1.29, 1.82) is 5.26 Å². The van der Waals surface area contributed by atoms with Gasteiger partial charge in [0.15, 0.2) is 0 Å². The lowest BCUT2D eigenvalue weighted by Gasteiger charge is -1.99. The van der Waals surface area contributed by atoms with Gasteiger partial charge in [-0.25, -0.2) is 0 Å². The van der Waals surface area contributed by atoms with Crippen molar-refractivity contribution >= 4 is 50.4 Å². The fourth-order valence-corrected chi connectivity index (χ4v) is 3.18. The number of halogens is 1. The van der Waals surface area contributed by atoms with Gasteiger partial charge in [0.1, 0.15) is 27.4 Å². The number of nitriles is 1. The molecule has 1 heterocycles. The number of nitrogens with zero attached hydrogens (tertiary/aromatic N) is 3. The van der Waals surface area contributed by atoms with Crippen LogP contribution in [0.5, 0.6) is 5.75 Å². The minimum atomic E-state index is 0.133. The summed E-state index contributed by atoms with van der Waals surface area (Å²) in [6.45, 7) is 0. The zero-order valence-electron chi connectivity index (χ0n) is 10.3. The monoisotopic (exact) mass is 368 g/mol. The Kier molecular flexibility index (Phi) is 5.00. The molecule has 0 fully saturated rings. The number of thioether (sulfide) groups is 1. The van der Waals surface area contributed by atoms with Gasteiger partial charge in [-0.15, -0.1) is 11.8 Å². The Morgan fingerprint density at radius 1 is 1.60 bits per heavy atom. The molecule has 0 aliphatic heterocycles. The lowest BCUT2D eigenvalue weighted by molar-refractivity contribution is 0.474. The van der Waals surface area contributed by atoms with Crippen LogP contribution < -0.4 is 5.43 Å². The summed E-state index contributed by atoms with van der Waals surface area (Å²) in [6.07, 6.45) is 3.35. The Labute approximate surface area is 132 Å². The van der Waals surface area contributed by atoms with Crippen molar-refractivity contribution in [3.63, 3.8) is 0 Å². The van der Waals surface area contributed by atoms with E-state index < -0.39 is 0 Å². The maximum atomic E-state index is 9.67. The molecule has 1 aromatic carbocycles. The van der Waals surface area contributed by atoms with Gasteiger partial charge in [-0.1, -0.05) is 15.9 Å². The molecular weight excluding hydrogens is 360 g/mol. The average molecular weight is 369 g/mol. The highest BCUT2D eigenvalue weighted by Gasteiger charge is 2.11. The lowest BCUT2D eigenvalue weighted by Crippen LogP contribution is -1.91. The predicted molar refractivity (Wildman–Crippen MR) is 85.6 cm³/mol. The molecule has 2 rings (SSSR count). The van der Waals surface area contributed by atoms with Crippen LogP contribution in [0.1, 0.15) is 11.1 Å². The number of phenols is 1. The summed E-state index contributed by atoms with van der Waals surface area (Å²) in [5.41, 5.74) is 3.83. The molecule has 20 heavy (non-hydrogen) atoms. The molecule has 102 valence electrons. The van der Waals surface area contributed by atoms with Crippen LogP contribution in [0.25, 0.3) is 0 Å². The van der Waals surface area contributed by atoms with Crippen molar-refractivity contribution in [1.82, 2.24) is 4.37 Å². The van der Waals surface area contributed by atoms with Crippen LogP contribution >= 0.6 is 39.2 Å². The lowest BCUT2D eigenvalue weighted by atomic mass is 10.2. The minimum Gasteiger partial charge on any atom is -0.507 e. The molecule has 0 aliphatic carbocycles. The summed E-state index contributed by atoms with van der Waals surface area (Å²) < 4.78 is 5.00. The third-order valence-corrected chi connectivity index (χ3v) is 4.37. The van der Waals surface area contributed by atoms with E-state index in [0.29, 0.717) is 21.2 Å². The van der Waals surface area contributed by atoms with Gasteiger partial charge in [-0.2, -0.15) is 14.7 Å². The van der Waals surface area contributed by atoms with Crippen LogP contribution in [0.2, 0.25) is 0 Å². The first-order valence-electron chi connectivity index (χ1n) is 5.37. The van der Waals surface area contributed by atoms with Gasteiger partial charge in [0.05, 0.1) is 6.21 Å². The second-order valence-electron chi connectivity index (χ2n) is 3.58. The van der Waals surface area contributed by atoms with Crippen molar-refractivity contribution in [3.8, 4) is 11.8 Å². The Morgan fingerprint density at radius 2 is 2.40 bits per heavy atom. The van der Waals surface area contributed by atoms with E-state index in [1.54, 1.807) is 18.2 Å². The van der Waals surface area contributed by atoms with Crippen LogP contribution in [0.4, 0.5) is 5.00 Å². The van der Waals surface area contributed by atoms with E-state index in [9.17, 15) is 5.11 Å². The molecular formula is C12H9BrN4OS2. The van der Waals surface area contributed by atoms with Crippen LogP contribution in [0.3, 0.4) is 0 Å². The van der Waals surface area contributed by atoms with Crippen molar-refractivity contribution in [2.45, 2.75) is 5.03 Å². The number of hydrogen-bond acceptors (Lipinski definition) is 7. The number of hydrogen-bond donors (Lipinski definition) is 2. The fourth-order valence-electron chi connectivity index (χ4n) is 1.38. The largest absolute Gasteiger partial charge is 0.507 e. The highest BCUT2D eigenvalue weighted by atomic mass is 79.9. The second-order valence-corrected chi connectivity index (χ2v) is 6.06. The Bertz CT molecular complexity index is 693. The van der Waals surface area contributed by atoms with Crippen molar-refractivity contribution in [2.24, 2.45) is 5.10 Å². The fraction of sp³-hybridized carbons (Fsp3) is 0.0833. The van der Waals surface area contributed by atoms with Gasteiger partial charge in [-0.3, -0.25) is 5.43 Å². The normalized spacial score (nSPS) is 10.7. The molecule has 0 saturated heterocycles. The molecule has 2 N–H and O–H groups in total. The summed E-state index contributed by atoms with van der Waals surface area (Å²) >= 11 is 5.91. The summed E-state index contributed by atoms with van der Waals surface area (Å²) in [7, 11) is 0. The second kappa shape index (κ2) is 6.74. The van der Waals surface area contributed by atoms with E-state index >= 15 is 0 Å². The quantitative estimate of drug-likeness (QED) is 0.488. The summed E-state index contributed by atoms with van der Waals surface area (Å²) in [5, 5.41) is 24.0. The van der Waals surface area contributed by atoms with Gasteiger partial charge < -0.3 is 5.11 Å². The molecule has 0 spiro atoms. The molecule has 0 amide bonds. The number of rotatable bonds is 4. The molecule has 5 nitrogen and oxygen atoms in total. The maximum Gasteiger partial charge on any atom is 0.148 e. The van der Waals surface area contributed by atoms with E-state index in [0.717, 1.165) is 4.47 Å². The third-order valence-electron chi connectivity index (χ3n) is 2.33. The number of anilines is 1.